The van der Waals surface area contributed by atoms with Gasteiger partial charge in [0.25, 0.3) is 5.91 Å². The normalized spacial score (nSPS) is 19.1. The minimum absolute atomic E-state index is 0.284. The van der Waals surface area contributed by atoms with E-state index in [-0.39, 0.29) is 5.91 Å². The highest BCUT2D eigenvalue weighted by Gasteiger charge is 2.42. The van der Waals surface area contributed by atoms with E-state index in [0.717, 1.165) is 6.42 Å². The number of benzene rings is 1. The number of rotatable bonds is 11. The maximum atomic E-state index is 12.2. The minimum Gasteiger partial charge on any atom is -0.363 e. The lowest BCUT2D eigenvalue weighted by atomic mass is 9.90. The zero-order chi connectivity index (χ0) is 20.7. The molecule has 1 aromatic carbocycles. The number of aromatic nitrogens is 1. The summed E-state index contributed by atoms with van der Waals surface area (Å²) in [6.07, 6.45) is 14.7. The molecule has 2 unspecified atom stereocenters. The number of aliphatic hydroxyl groups is 1. The molecule has 0 bridgehead atoms. The van der Waals surface area contributed by atoms with Gasteiger partial charge in [-0.05, 0) is 24.0 Å². The molecule has 0 saturated carbocycles. The van der Waals surface area contributed by atoms with E-state index in [4.69, 9.17) is 0 Å². The van der Waals surface area contributed by atoms with Gasteiger partial charge in [0.15, 0.2) is 5.72 Å². The van der Waals surface area contributed by atoms with Crippen LogP contribution in [-0.4, -0.2) is 16.0 Å². The Labute approximate surface area is 174 Å². The average Bonchev–Trinajstić information content (AvgIpc) is 2.99. The second-order valence-corrected chi connectivity index (χ2v) is 8.51. The van der Waals surface area contributed by atoms with Crippen molar-refractivity contribution in [3.05, 3.63) is 65.0 Å². The molecule has 0 spiro atoms. The number of amides is 1. The Hall–Kier alpha value is -2.20. The summed E-state index contributed by atoms with van der Waals surface area (Å²) in [6, 6.07) is 9.69. The standard InChI is InChI=1S/C25H34N2O2/c1-3-4-5-6-7-8-9-11-19(2)16-20-12-10-13-21(17-20)25(29)23-14-15-26-18-22(23)24(28)27-25/h10,12-15,17-19,29H,3-9,11,16H2,1-2H3,(H,27,28). The molecule has 1 amide bonds. The molecule has 2 aromatic rings. The lowest BCUT2D eigenvalue weighted by molar-refractivity contribution is 0.0475. The van der Waals surface area contributed by atoms with E-state index in [1.807, 2.05) is 18.2 Å². The van der Waals surface area contributed by atoms with E-state index in [1.165, 1.54) is 63.1 Å². The predicted octanol–water partition coefficient (Wildman–Crippen LogP) is 5.34. The summed E-state index contributed by atoms with van der Waals surface area (Å²) in [5.74, 6) is 0.318. The van der Waals surface area contributed by atoms with Crippen LogP contribution in [0.25, 0.3) is 0 Å². The van der Waals surface area contributed by atoms with Crippen LogP contribution in [-0.2, 0) is 12.1 Å². The first kappa shape index (κ1) is 21.5. The summed E-state index contributed by atoms with van der Waals surface area (Å²) < 4.78 is 0. The summed E-state index contributed by atoms with van der Waals surface area (Å²) in [5, 5.41) is 14.0. The Bertz CT molecular complexity index is 820. The summed E-state index contributed by atoms with van der Waals surface area (Å²) in [4.78, 5) is 16.2. The Morgan fingerprint density at radius 3 is 2.66 bits per heavy atom. The maximum Gasteiger partial charge on any atom is 0.256 e. The van der Waals surface area contributed by atoms with E-state index in [0.29, 0.717) is 22.6 Å². The van der Waals surface area contributed by atoms with Crippen molar-refractivity contribution in [2.75, 3.05) is 0 Å². The third-order valence-electron chi connectivity index (χ3n) is 5.98. The zero-order valence-corrected chi connectivity index (χ0v) is 17.8. The Kier molecular flexibility index (Phi) is 7.43. The van der Waals surface area contributed by atoms with Crippen LogP contribution in [0.5, 0.6) is 0 Å². The van der Waals surface area contributed by atoms with Crippen molar-refractivity contribution in [2.24, 2.45) is 5.92 Å². The van der Waals surface area contributed by atoms with E-state index < -0.39 is 5.72 Å². The molecule has 0 fully saturated rings. The van der Waals surface area contributed by atoms with Gasteiger partial charge in [0, 0.05) is 23.5 Å². The number of nitrogens with zero attached hydrogens (tertiary/aromatic N) is 1. The molecular weight excluding hydrogens is 360 g/mol. The second-order valence-electron chi connectivity index (χ2n) is 8.51. The highest BCUT2D eigenvalue weighted by molar-refractivity contribution is 6.00. The molecule has 3 rings (SSSR count). The van der Waals surface area contributed by atoms with Crippen molar-refractivity contribution in [2.45, 2.75) is 77.4 Å². The molecule has 0 saturated heterocycles. The first-order valence-corrected chi connectivity index (χ1v) is 11.1. The van der Waals surface area contributed by atoms with Crippen LogP contribution in [0.4, 0.5) is 0 Å². The lowest BCUT2D eigenvalue weighted by Crippen LogP contribution is -2.40. The van der Waals surface area contributed by atoms with Crippen LogP contribution in [0.3, 0.4) is 0 Å². The molecule has 0 radical (unpaired) electrons. The highest BCUT2D eigenvalue weighted by atomic mass is 16.3. The molecule has 4 heteroatoms. The number of hydrogen-bond acceptors (Lipinski definition) is 3. The summed E-state index contributed by atoms with van der Waals surface area (Å²) >= 11 is 0. The SMILES string of the molecule is CCCCCCCCCC(C)Cc1cccc(C2(O)NC(=O)c3cnccc32)c1. The van der Waals surface area contributed by atoms with E-state index >= 15 is 0 Å². The molecule has 1 aliphatic rings. The summed E-state index contributed by atoms with van der Waals surface area (Å²) in [5.41, 5.74) is 1.44. The number of carbonyl (C=O) groups is 1. The van der Waals surface area contributed by atoms with Crippen molar-refractivity contribution in [1.82, 2.24) is 10.3 Å². The monoisotopic (exact) mass is 394 g/mol. The van der Waals surface area contributed by atoms with Crippen LogP contribution in [0.1, 0.15) is 92.3 Å². The van der Waals surface area contributed by atoms with Crippen molar-refractivity contribution < 1.29 is 9.90 Å². The van der Waals surface area contributed by atoms with Gasteiger partial charge in [-0.1, -0.05) is 89.5 Å². The first-order chi connectivity index (χ1) is 14.0. The molecule has 2 heterocycles. The average molecular weight is 395 g/mol. The Morgan fingerprint density at radius 1 is 1.10 bits per heavy atom. The van der Waals surface area contributed by atoms with Crippen molar-refractivity contribution in [3.63, 3.8) is 0 Å². The fourth-order valence-electron chi connectivity index (χ4n) is 4.30. The molecule has 0 aliphatic carbocycles. The summed E-state index contributed by atoms with van der Waals surface area (Å²) in [6.45, 7) is 4.56. The predicted molar refractivity (Wildman–Crippen MR) is 117 cm³/mol. The molecule has 2 N–H and O–H groups in total. The van der Waals surface area contributed by atoms with Gasteiger partial charge in [-0.25, -0.2) is 0 Å². The Balaban J connectivity index is 1.57. The molecule has 29 heavy (non-hydrogen) atoms. The maximum absolute atomic E-state index is 12.2. The quantitative estimate of drug-likeness (QED) is 0.506. The molecule has 1 aromatic heterocycles. The fraction of sp³-hybridized carbons (Fsp3) is 0.520. The lowest BCUT2D eigenvalue weighted by Gasteiger charge is -2.25. The topological polar surface area (TPSA) is 62.2 Å². The smallest absolute Gasteiger partial charge is 0.256 e. The van der Waals surface area contributed by atoms with Crippen molar-refractivity contribution in [1.29, 1.82) is 0 Å². The van der Waals surface area contributed by atoms with Gasteiger partial charge >= 0.3 is 0 Å². The zero-order valence-electron chi connectivity index (χ0n) is 17.8. The van der Waals surface area contributed by atoms with Crippen molar-refractivity contribution in [3.8, 4) is 0 Å². The van der Waals surface area contributed by atoms with Crippen molar-refractivity contribution >= 4 is 5.91 Å². The van der Waals surface area contributed by atoms with Crippen LogP contribution in [0.2, 0.25) is 0 Å². The van der Waals surface area contributed by atoms with Gasteiger partial charge < -0.3 is 10.4 Å². The fourth-order valence-corrected chi connectivity index (χ4v) is 4.30. The number of fused-ring (bicyclic) bond motifs is 1. The minimum atomic E-state index is -1.48. The third kappa shape index (κ3) is 5.24. The molecular formula is C25H34N2O2. The van der Waals surface area contributed by atoms with Gasteiger partial charge in [-0.2, -0.15) is 0 Å². The number of carbonyl (C=O) groups excluding carboxylic acids is 1. The van der Waals surface area contributed by atoms with E-state index in [1.54, 1.807) is 12.3 Å². The number of pyridine rings is 1. The van der Waals surface area contributed by atoms with Crippen LogP contribution in [0, 0.1) is 5.92 Å². The van der Waals surface area contributed by atoms with Gasteiger partial charge in [0.2, 0.25) is 0 Å². The molecule has 1 aliphatic heterocycles. The number of hydrogen-bond donors (Lipinski definition) is 2. The Morgan fingerprint density at radius 2 is 1.86 bits per heavy atom. The van der Waals surface area contributed by atoms with Gasteiger partial charge in [-0.3, -0.25) is 9.78 Å². The second kappa shape index (κ2) is 10.0. The van der Waals surface area contributed by atoms with Gasteiger partial charge in [-0.15, -0.1) is 0 Å². The van der Waals surface area contributed by atoms with E-state index in [9.17, 15) is 9.90 Å². The number of nitrogens with one attached hydrogen (secondary N) is 1. The number of unbranched alkanes of at least 4 members (excludes halogenated alkanes) is 6. The molecule has 2 atom stereocenters. The van der Waals surface area contributed by atoms with Crippen LogP contribution < -0.4 is 5.32 Å². The summed E-state index contributed by atoms with van der Waals surface area (Å²) in [7, 11) is 0. The highest BCUT2D eigenvalue weighted by Crippen LogP contribution is 2.34. The van der Waals surface area contributed by atoms with E-state index in [2.05, 4.69) is 30.2 Å². The largest absolute Gasteiger partial charge is 0.363 e. The van der Waals surface area contributed by atoms with Crippen LogP contribution in [0.15, 0.2) is 42.7 Å². The van der Waals surface area contributed by atoms with Gasteiger partial charge in [0.1, 0.15) is 0 Å². The third-order valence-corrected chi connectivity index (χ3v) is 5.98. The first-order valence-electron chi connectivity index (χ1n) is 11.1. The molecule has 156 valence electrons. The molecule has 4 nitrogen and oxygen atoms in total. The van der Waals surface area contributed by atoms with Crippen LogP contribution >= 0.6 is 0 Å². The van der Waals surface area contributed by atoms with Gasteiger partial charge in [0.05, 0.1) is 5.56 Å².